The minimum atomic E-state index is -0.0108. The summed E-state index contributed by atoms with van der Waals surface area (Å²) in [5, 5.41) is 1.12. The topological polar surface area (TPSA) is 72.0 Å². The zero-order valence-corrected chi connectivity index (χ0v) is 19.9. The molecule has 0 unspecified atom stereocenters. The maximum absolute atomic E-state index is 13.4. The van der Waals surface area contributed by atoms with Crippen molar-refractivity contribution in [3.63, 3.8) is 0 Å². The first-order valence-electron chi connectivity index (χ1n) is 12.4. The second-order valence-corrected chi connectivity index (χ2v) is 9.29. The molecular weight excluding hydrogens is 442 g/mol. The van der Waals surface area contributed by atoms with E-state index in [0.29, 0.717) is 57.2 Å². The van der Waals surface area contributed by atoms with E-state index in [0.717, 1.165) is 30.3 Å². The predicted octanol–water partition coefficient (Wildman–Crippen LogP) is 3.57. The van der Waals surface area contributed by atoms with Gasteiger partial charge >= 0.3 is 0 Å². The minimum absolute atomic E-state index is 0.0108. The largest absolute Gasteiger partial charge is 0.492 e. The van der Waals surface area contributed by atoms with Crippen LogP contribution in [0.3, 0.4) is 0 Å². The van der Waals surface area contributed by atoms with Gasteiger partial charge in [-0.2, -0.15) is 0 Å². The molecule has 0 spiro atoms. The van der Waals surface area contributed by atoms with Crippen LogP contribution in [0.25, 0.3) is 10.9 Å². The standard InChI is InChI=1S/C28H31N3O4/c32-27-7-3-11-30(27)13-15-35-25-6-1-4-24(18-25)28(33)31-12-14-34-20-22(19-31)16-21-8-9-26-23(17-21)5-2-10-29-26/h1-2,4-6,8-10,17-18,22H,3,7,11-16,19-20H2/t22-/m1/s1. The van der Waals surface area contributed by atoms with E-state index in [9.17, 15) is 9.59 Å². The van der Waals surface area contributed by atoms with Crippen molar-refractivity contribution in [1.82, 2.24) is 14.8 Å². The first-order chi connectivity index (χ1) is 17.2. The molecule has 0 bridgehead atoms. The molecule has 3 heterocycles. The lowest BCUT2D eigenvalue weighted by atomic mass is 9.98. The van der Waals surface area contributed by atoms with E-state index in [1.165, 1.54) is 5.56 Å². The normalized spacial score (nSPS) is 18.6. The SMILES string of the molecule is O=C1CCCN1CCOc1cccc(C(=O)N2CCOC[C@H](Cc3ccc4ncccc4c3)C2)c1. The van der Waals surface area contributed by atoms with E-state index >= 15 is 0 Å². The van der Waals surface area contributed by atoms with Gasteiger partial charge in [-0.15, -0.1) is 0 Å². The Morgan fingerprint density at radius 3 is 2.94 bits per heavy atom. The summed E-state index contributed by atoms with van der Waals surface area (Å²) in [5.74, 6) is 1.04. The molecule has 35 heavy (non-hydrogen) atoms. The zero-order chi connectivity index (χ0) is 24.0. The third kappa shape index (κ3) is 5.80. The zero-order valence-electron chi connectivity index (χ0n) is 19.9. The van der Waals surface area contributed by atoms with Crippen LogP contribution in [-0.2, 0) is 16.0 Å². The molecule has 5 rings (SSSR count). The summed E-state index contributed by atoms with van der Waals surface area (Å²) in [4.78, 5) is 33.2. The van der Waals surface area contributed by atoms with Crippen LogP contribution in [0, 0.1) is 5.92 Å². The molecule has 1 atom stereocenters. The molecule has 1 aromatic heterocycles. The van der Waals surface area contributed by atoms with E-state index < -0.39 is 0 Å². The number of benzene rings is 2. The van der Waals surface area contributed by atoms with Crippen LogP contribution in [0.2, 0.25) is 0 Å². The van der Waals surface area contributed by atoms with Crippen molar-refractivity contribution in [1.29, 1.82) is 0 Å². The number of pyridine rings is 1. The molecule has 2 aliphatic heterocycles. The monoisotopic (exact) mass is 473 g/mol. The molecule has 182 valence electrons. The highest BCUT2D eigenvalue weighted by Crippen LogP contribution is 2.21. The van der Waals surface area contributed by atoms with Crippen molar-refractivity contribution in [3.8, 4) is 5.75 Å². The highest BCUT2D eigenvalue weighted by molar-refractivity contribution is 5.94. The van der Waals surface area contributed by atoms with Gasteiger partial charge < -0.3 is 19.3 Å². The van der Waals surface area contributed by atoms with E-state index in [4.69, 9.17) is 9.47 Å². The fourth-order valence-corrected chi connectivity index (χ4v) is 4.89. The van der Waals surface area contributed by atoms with Gasteiger partial charge in [0, 0.05) is 49.1 Å². The number of likely N-dealkylation sites (tertiary alicyclic amines) is 1. The number of hydrogen-bond donors (Lipinski definition) is 0. The van der Waals surface area contributed by atoms with Crippen LogP contribution in [0.15, 0.2) is 60.8 Å². The first-order valence-corrected chi connectivity index (χ1v) is 12.4. The second-order valence-electron chi connectivity index (χ2n) is 9.29. The van der Waals surface area contributed by atoms with Gasteiger partial charge in [-0.05, 0) is 54.8 Å². The molecule has 2 amide bonds. The number of ether oxygens (including phenoxy) is 2. The maximum Gasteiger partial charge on any atom is 0.254 e. The smallest absolute Gasteiger partial charge is 0.254 e. The highest BCUT2D eigenvalue weighted by Gasteiger charge is 2.24. The van der Waals surface area contributed by atoms with Gasteiger partial charge in [0.25, 0.3) is 5.91 Å². The first kappa shape index (κ1) is 23.3. The summed E-state index contributed by atoms with van der Waals surface area (Å²) >= 11 is 0. The molecule has 0 N–H and O–H groups in total. The van der Waals surface area contributed by atoms with Crippen molar-refractivity contribution in [2.75, 3.05) is 46.0 Å². The van der Waals surface area contributed by atoms with Crippen molar-refractivity contribution in [2.45, 2.75) is 19.3 Å². The molecule has 2 saturated heterocycles. The molecule has 2 aliphatic rings. The third-order valence-corrected chi connectivity index (χ3v) is 6.70. The quantitative estimate of drug-likeness (QED) is 0.525. The number of rotatable bonds is 7. The van der Waals surface area contributed by atoms with Crippen LogP contribution in [-0.4, -0.2) is 72.6 Å². The maximum atomic E-state index is 13.4. The molecule has 3 aromatic rings. The van der Waals surface area contributed by atoms with Crippen molar-refractivity contribution in [3.05, 3.63) is 71.9 Å². The van der Waals surface area contributed by atoms with Gasteiger partial charge in [0.1, 0.15) is 12.4 Å². The Labute approximate surface area is 205 Å². The van der Waals surface area contributed by atoms with Gasteiger partial charge in [-0.3, -0.25) is 14.6 Å². The highest BCUT2D eigenvalue weighted by atomic mass is 16.5. The summed E-state index contributed by atoms with van der Waals surface area (Å²) in [6, 6.07) is 17.7. The van der Waals surface area contributed by atoms with E-state index in [-0.39, 0.29) is 17.7 Å². The summed E-state index contributed by atoms with van der Waals surface area (Å²) < 4.78 is 11.7. The molecular formula is C28H31N3O4. The molecule has 0 saturated carbocycles. The van der Waals surface area contributed by atoms with Gasteiger partial charge in [0.15, 0.2) is 0 Å². The minimum Gasteiger partial charge on any atom is -0.492 e. The number of nitrogens with zero attached hydrogens (tertiary/aromatic N) is 3. The fourth-order valence-electron chi connectivity index (χ4n) is 4.89. The number of hydrogen-bond acceptors (Lipinski definition) is 5. The van der Waals surface area contributed by atoms with Crippen LogP contribution in [0.4, 0.5) is 0 Å². The van der Waals surface area contributed by atoms with Crippen LogP contribution >= 0.6 is 0 Å². The van der Waals surface area contributed by atoms with Gasteiger partial charge in [0.2, 0.25) is 5.91 Å². The lowest BCUT2D eigenvalue weighted by molar-refractivity contribution is -0.128. The van der Waals surface area contributed by atoms with Gasteiger partial charge in [-0.1, -0.05) is 18.2 Å². The Balaban J connectivity index is 1.21. The number of fused-ring (bicyclic) bond motifs is 1. The van der Waals surface area contributed by atoms with E-state index in [1.54, 1.807) is 12.3 Å². The van der Waals surface area contributed by atoms with Crippen LogP contribution in [0.5, 0.6) is 5.75 Å². The Morgan fingerprint density at radius 2 is 2.06 bits per heavy atom. The van der Waals surface area contributed by atoms with Gasteiger partial charge in [-0.25, -0.2) is 0 Å². The number of amides is 2. The van der Waals surface area contributed by atoms with Crippen LogP contribution in [0.1, 0.15) is 28.8 Å². The Bertz CT molecular complexity index is 1200. The van der Waals surface area contributed by atoms with Crippen molar-refractivity contribution < 1.29 is 19.1 Å². The second kappa shape index (κ2) is 10.9. The summed E-state index contributed by atoms with van der Waals surface area (Å²) in [7, 11) is 0. The molecule has 7 nitrogen and oxygen atoms in total. The van der Waals surface area contributed by atoms with E-state index in [2.05, 4.69) is 29.2 Å². The Kier molecular flexibility index (Phi) is 7.23. The average Bonchev–Trinajstić information content (AvgIpc) is 3.15. The summed E-state index contributed by atoms with van der Waals surface area (Å²) in [6.45, 7) is 4.18. The van der Waals surface area contributed by atoms with Crippen molar-refractivity contribution in [2.24, 2.45) is 5.92 Å². The van der Waals surface area contributed by atoms with Gasteiger partial charge in [0.05, 0.1) is 25.3 Å². The Morgan fingerprint density at radius 1 is 1.11 bits per heavy atom. The molecule has 2 aromatic carbocycles. The molecule has 2 fully saturated rings. The third-order valence-electron chi connectivity index (χ3n) is 6.70. The molecule has 7 heteroatoms. The predicted molar refractivity (Wildman–Crippen MR) is 133 cm³/mol. The lowest BCUT2D eigenvalue weighted by Crippen LogP contribution is -2.36. The lowest BCUT2D eigenvalue weighted by Gasteiger charge is -2.24. The molecule has 0 aliphatic carbocycles. The summed E-state index contributed by atoms with van der Waals surface area (Å²) in [5.41, 5.74) is 2.82. The van der Waals surface area contributed by atoms with E-state index in [1.807, 2.05) is 34.1 Å². The molecule has 0 radical (unpaired) electrons. The average molecular weight is 474 g/mol. The number of carbonyl (C=O) groups excluding carboxylic acids is 2. The number of carbonyl (C=O) groups is 2. The van der Waals surface area contributed by atoms with Crippen LogP contribution < -0.4 is 4.74 Å². The van der Waals surface area contributed by atoms with Crippen molar-refractivity contribution >= 4 is 22.7 Å². The fraction of sp³-hybridized carbons (Fsp3) is 0.393. The number of aromatic nitrogens is 1. The summed E-state index contributed by atoms with van der Waals surface area (Å²) in [6.07, 6.45) is 4.19. The Hall–Kier alpha value is -3.45.